The van der Waals surface area contributed by atoms with Gasteiger partial charge in [-0.15, -0.1) is 0 Å². The molecule has 0 fully saturated rings. The van der Waals surface area contributed by atoms with E-state index in [1.165, 1.54) is 0 Å². The van der Waals surface area contributed by atoms with Crippen LogP contribution >= 0.6 is 0 Å². The van der Waals surface area contributed by atoms with Crippen molar-refractivity contribution in [1.82, 2.24) is 4.90 Å². The topological polar surface area (TPSA) is 50.8 Å². The van der Waals surface area contributed by atoms with Crippen LogP contribution in [0.4, 0.5) is 5.69 Å². The van der Waals surface area contributed by atoms with Gasteiger partial charge in [-0.2, -0.15) is 0 Å². The molecule has 5 heteroatoms. The van der Waals surface area contributed by atoms with Gasteiger partial charge in [0.1, 0.15) is 11.5 Å². The predicted molar refractivity (Wildman–Crippen MR) is 76.0 cm³/mol. The molecule has 106 valence electrons. The van der Waals surface area contributed by atoms with Gasteiger partial charge in [0.05, 0.1) is 26.5 Å². The van der Waals surface area contributed by atoms with Crippen molar-refractivity contribution in [3.8, 4) is 11.5 Å². The highest BCUT2D eigenvalue weighted by atomic mass is 16.5. The second-order valence-corrected chi connectivity index (χ2v) is 4.35. The molecule has 5 nitrogen and oxygen atoms in total. The molecule has 0 unspecified atom stereocenters. The quantitative estimate of drug-likeness (QED) is 0.820. The van der Waals surface area contributed by atoms with Gasteiger partial charge in [-0.3, -0.25) is 9.69 Å². The van der Waals surface area contributed by atoms with Crippen LogP contribution in [0.5, 0.6) is 11.5 Å². The summed E-state index contributed by atoms with van der Waals surface area (Å²) < 4.78 is 10.3. The lowest BCUT2D eigenvalue weighted by molar-refractivity contribution is -0.117. The Labute approximate surface area is 114 Å². The van der Waals surface area contributed by atoms with Crippen molar-refractivity contribution in [2.75, 3.05) is 39.7 Å². The first-order valence-corrected chi connectivity index (χ1v) is 6.31. The predicted octanol–water partition coefficient (Wildman–Crippen LogP) is 1.98. The molecule has 1 N–H and O–H groups in total. The minimum atomic E-state index is -0.0561. The van der Waals surface area contributed by atoms with Crippen LogP contribution in [0.15, 0.2) is 18.2 Å². The van der Waals surface area contributed by atoms with E-state index in [4.69, 9.17) is 9.47 Å². The first kappa shape index (κ1) is 15.3. The number of hydrogen-bond acceptors (Lipinski definition) is 4. The maximum atomic E-state index is 11.9. The van der Waals surface area contributed by atoms with E-state index in [9.17, 15) is 4.79 Å². The molecule has 0 aliphatic rings. The second kappa shape index (κ2) is 7.63. The number of methoxy groups -OCH3 is 2. The van der Waals surface area contributed by atoms with Crippen LogP contribution in [-0.4, -0.2) is 45.2 Å². The molecule has 0 atom stereocenters. The Bertz CT molecular complexity index is 421. The third kappa shape index (κ3) is 4.79. The molecule has 0 heterocycles. The number of rotatable bonds is 7. The first-order valence-electron chi connectivity index (χ1n) is 6.31. The molecule has 0 spiro atoms. The normalized spacial score (nSPS) is 10.4. The minimum absolute atomic E-state index is 0.0561. The van der Waals surface area contributed by atoms with E-state index in [0.717, 1.165) is 13.0 Å². The van der Waals surface area contributed by atoms with Gasteiger partial charge in [-0.1, -0.05) is 6.92 Å². The van der Waals surface area contributed by atoms with Gasteiger partial charge in [0.15, 0.2) is 0 Å². The number of ether oxygens (including phenoxy) is 2. The average Bonchev–Trinajstić information content (AvgIpc) is 2.39. The summed E-state index contributed by atoms with van der Waals surface area (Å²) in [5.74, 6) is 1.23. The largest absolute Gasteiger partial charge is 0.497 e. The van der Waals surface area contributed by atoms with Crippen LogP contribution in [0.3, 0.4) is 0 Å². The van der Waals surface area contributed by atoms with Crippen LogP contribution in [0.2, 0.25) is 0 Å². The summed E-state index contributed by atoms with van der Waals surface area (Å²) in [6.07, 6.45) is 1.02. The van der Waals surface area contributed by atoms with Crippen molar-refractivity contribution in [2.24, 2.45) is 0 Å². The van der Waals surface area contributed by atoms with E-state index in [0.29, 0.717) is 23.7 Å². The highest BCUT2D eigenvalue weighted by Gasteiger charge is 2.10. The molecular weight excluding hydrogens is 244 g/mol. The molecule has 0 saturated carbocycles. The highest BCUT2D eigenvalue weighted by Crippen LogP contribution is 2.28. The smallest absolute Gasteiger partial charge is 0.238 e. The standard InChI is InChI=1S/C14H22N2O3/c1-5-8-16(2)10-14(17)15-12-7-6-11(18-3)9-13(12)19-4/h6-7,9H,5,8,10H2,1-4H3,(H,15,17). The molecule has 1 amide bonds. The van der Waals surface area contributed by atoms with E-state index in [1.54, 1.807) is 32.4 Å². The van der Waals surface area contributed by atoms with Gasteiger partial charge in [-0.25, -0.2) is 0 Å². The van der Waals surface area contributed by atoms with E-state index in [2.05, 4.69) is 12.2 Å². The molecule has 0 aliphatic heterocycles. The molecule has 0 saturated heterocycles. The van der Waals surface area contributed by atoms with Crippen LogP contribution in [0, 0.1) is 0 Å². The molecule has 19 heavy (non-hydrogen) atoms. The van der Waals surface area contributed by atoms with E-state index in [1.807, 2.05) is 11.9 Å². The Morgan fingerprint density at radius 2 is 2.05 bits per heavy atom. The Balaban J connectivity index is 2.68. The summed E-state index contributed by atoms with van der Waals surface area (Å²) in [6.45, 7) is 3.34. The summed E-state index contributed by atoms with van der Waals surface area (Å²) in [5.41, 5.74) is 0.651. The van der Waals surface area contributed by atoms with Gasteiger partial charge in [-0.05, 0) is 32.1 Å². The first-order chi connectivity index (χ1) is 9.10. The number of anilines is 1. The van der Waals surface area contributed by atoms with Crippen LogP contribution in [-0.2, 0) is 4.79 Å². The van der Waals surface area contributed by atoms with Crippen LogP contribution in [0.1, 0.15) is 13.3 Å². The number of hydrogen-bond donors (Lipinski definition) is 1. The fourth-order valence-corrected chi connectivity index (χ4v) is 1.80. The van der Waals surface area contributed by atoms with E-state index >= 15 is 0 Å². The SMILES string of the molecule is CCCN(C)CC(=O)Nc1ccc(OC)cc1OC. The highest BCUT2D eigenvalue weighted by molar-refractivity contribution is 5.93. The number of carbonyl (C=O) groups excluding carboxylic acids is 1. The molecule has 0 radical (unpaired) electrons. The van der Waals surface area contributed by atoms with Crippen LogP contribution in [0.25, 0.3) is 0 Å². The zero-order valence-corrected chi connectivity index (χ0v) is 12.0. The van der Waals surface area contributed by atoms with E-state index in [-0.39, 0.29) is 5.91 Å². The molecule has 0 aromatic heterocycles. The summed E-state index contributed by atoms with van der Waals surface area (Å²) in [4.78, 5) is 13.9. The number of likely N-dealkylation sites (N-methyl/N-ethyl adjacent to an activating group) is 1. The lowest BCUT2D eigenvalue weighted by Gasteiger charge is -2.16. The lowest BCUT2D eigenvalue weighted by atomic mass is 10.2. The Morgan fingerprint density at radius 3 is 2.63 bits per heavy atom. The van der Waals surface area contributed by atoms with Gasteiger partial charge >= 0.3 is 0 Å². The third-order valence-corrected chi connectivity index (χ3v) is 2.70. The summed E-state index contributed by atoms with van der Waals surface area (Å²) in [6, 6.07) is 5.30. The molecule has 0 bridgehead atoms. The van der Waals surface area contributed by atoms with E-state index < -0.39 is 0 Å². The summed E-state index contributed by atoms with van der Waals surface area (Å²) >= 11 is 0. The number of nitrogens with zero attached hydrogens (tertiary/aromatic N) is 1. The number of amides is 1. The Morgan fingerprint density at radius 1 is 1.32 bits per heavy atom. The molecule has 0 aliphatic carbocycles. The van der Waals surface area contributed by atoms with Crippen molar-refractivity contribution in [2.45, 2.75) is 13.3 Å². The van der Waals surface area contributed by atoms with Crippen molar-refractivity contribution < 1.29 is 14.3 Å². The summed E-state index contributed by atoms with van der Waals surface area (Å²) in [7, 11) is 5.08. The van der Waals surface area contributed by atoms with Gasteiger partial charge in [0.2, 0.25) is 5.91 Å². The molecular formula is C14H22N2O3. The van der Waals surface area contributed by atoms with Gasteiger partial charge in [0.25, 0.3) is 0 Å². The molecule has 1 rings (SSSR count). The maximum Gasteiger partial charge on any atom is 0.238 e. The zero-order chi connectivity index (χ0) is 14.3. The number of carbonyl (C=O) groups is 1. The fourth-order valence-electron chi connectivity index (χ4n) is 1.80. The van der Waals surface area contributed by atoms with Crippen molar-refractivity contribution >= 4 is 11.6 Å². The van der Waals surface area contributed by atoms with Gasteiger partial charge < -0.3 is 14.8 Å². The monoisotopic (exact) mass is 266 g/mol. The fraction of sp³-hybridized carbons (Fsp3) is 0.500. The average molecular weight is 266 g/mol. The lowest BCUT2D eigenvalue weighted by Crippen LogP contribution is -2.30. The van der Waals surface area contributed by atoms with Crippen molar-refractivity contribution in [3.63, 3.8) is 0 Å². The van der Waals surface area contributed by atoms with Crippen molar-refractivity contribution in [3.05, 3.63) is 18.2 Å². The minimum Gasteiger partial charge on any atom is -0.497 e. The van der Waals surface area contributed by atoms with Gasteiger partial charge in [0, 0.05) is 6.07 Å². The van der Waals surface area contributed by atoms with Crippen LogP contribution < -0.4 is 14.8 Å². The zero-order valence-electron chi connectivity index (χ0n) is 12.0. The Hall–Kier alpha value is -1.75. The number of benzene rings is 1. The maximum absolute atomic E-state index is 11.9. The third-order valence-electron chi connectivity index (χ3n) is 2.70. The Kier molecular flexibility index (Phi) is 6.15. The summed E-state index contributed by atoms with van der Waals surface area (Å²) in [5, 5.41) is 2.84. The second-order valence-electron chi connectivity index (χ2n) is 4.35. The molecule has 1 aromatic rings. The number of nitrogens with one attached hydrogen (secondary N) is 1. The molecule has 1 aromatic carbocycles. The van der Waals surface area contributed by atoms with Crippen molar-refractivity contribution in [1.29, 1.82) is 0 Å².